The molecule has 0 aliphatic heterocycles. The lowest BCUT2D eigenvalue weighted by Gasteiger charge is -2.21. The van der Waals surface area contributed by atoms with E-state index in [1.54, 1.807) is 6.92 Å². The molecule has 1 fully saturated rings. The minimum Gasteiger partial charge on any atom is -0.461 e. The van der Waals surface area contributed by atoms with Crippen molar-refractivity contribution in [1.82, 2.24) is 4.84 Å². The third kappa shape index (κ3) is 4.85. The Labute approximate surface area is 96.6 Å². The Hall–Kier alpha value is -0.280. The molecule has 1 rings (SSSR count). The highest BCUT2D eigenvalue weighted by Gasteiger charge is 2.19. The van der Waals surface area contributed by atoms with Gasteiger partial charge in [-0.25, -0.2) is 4.84 Å². The van der Waals surface area contributed by atoms with Crippen LogP contribution < -0.4 is 4.84 Å². The molecule has 3 nitrogen and oxygen atoms in total. The number of esters is 1. The zero-order valence-corrected chi connectivity index (χ0v) is 10.1. The van der Waals surface area contributed by atoms with Gasteiger partial charge in [-0.05, 0) is 44.4 Å². The number of nitrogens with one attached hydrogen (secondary N) is 1. The summed E-state index contributed by atoms with van der Waals surface area (Å²) in [4.78, 5) is 13.9. The molecule has 0 aromatic carbocycles. The van der Waals surface area contributed by atoms with Crippen LogP contribution in [0.25, 0.3) is 0 Å². The zero-order valence-electron chi connectivity index (χ0n) is 9.30. The highest BCUT2D eigenvalue weighted by molar-refractivity contribution is 6.14. The van der Waals surface area contributed by atoms with Crippen molar-refractivity contribution in [3.05, 3.63) is 0 Å². The Bertz CT molecular complexity index is 191. The molecule has 0 spiro atoms. The SMILES string of the molecule is C[C@H](NCl)C(=O)OC1CCCCCCC1. The smallest absolute Gasteiger partial charge is 0.324 e. The molecule has 1 saturated carbocycles. The Morgan fingerprint density at radius 3 is 2.33 bits per heavy atom. The van der Waals surface area contributed by atoms with Gasteiger partial charge in [0.2, 0.25) is 0 Å². The van der Waals surface area contributed by atoms with Gasteiger partial charge in [-0.2, -0.15) is 0 Å². The van der Waals surface area contributed by atoms with Gasteiger partial charge in [0.25, 0.3) is 0 Å². The molecule has 0 unspecified atom stereocenters. The molecule has 0 heterocycles. The second-order valence-electron chi connectivity index (χ2n) is 4.23. The van der Waals surface area contributed by atoms with Crippen LogP contribution >= 0.6 is 11.8 Å². The van der Waals surface area contributed by atoms with E-state index in [-0.39, 0.29) is 12.1 Å². The van der Waals surface area contributed by atoms with Gasteiger partial charge >= 0.3 is 5.97 Å². The first-order valence-corrected chi connectivity index (χ1v) is 6.18. The third-order valence-electron chi connectivity index (χ3n) is 2.85. The van der Waals surface area contributed by atoms with Crippen molar-refractivity contribution in [3.8, 4) is 0 Å². The molecule has 88 valence electrons. The Kier molecular flexibility index (Phi) is 6.03. The van der Waals surface area contributed by atoms with E-state index in [0.29, 0.717) is 0 Å². The summed E-state index contributed by atoms with van der Waals surface area (Å²) >= 11 is 5.37. The maximum Gasteiger partial charge on any atom is 0.324 e. The van der Waals surface area contributed by atoms with E-state index in [4.69, 9.17) is 16.5 Å². The second-order valence-corrected chi connectivity index (χ2v) is 4.45. The third-order valence-corrected chi connectivity index (χ3v) is 3.18. The molecule has 0 saturated heterocycles. The molecule has 0 aromatic heterocycles. The summed E-state index contributed by atoms with van der Waals surface area (Å²) in [7, 11) is 0. The van der Waals surface area contributed by atoms with Gasteiger partial charge in [0.05, 0.1) is 0 Å². The number of hydrogen-bond acceptors (Lipinski definition) is 3. The highest BCUT2D eigenvalue weighted by Crippen LogP contribution is 2.19. The molecule has 1 aliphatic carbocycles. The van der Waals surface area contributed by atoms with Crippen molar-refractivity contribution in [1.29, 1.82) is 0 Å². The minimum absolute atomic E-state index is 0.102. The van der Waals surface area contributed by atoms with Crippen LogP contribution in [0, 0.1) is 0 Å². The maximum absolute atomic E-state index is 11.5. The van der Waals surface area contributed by atoms with E-state index < -0.39 is 6.04 Å². The fourth-order valence-corrected chi connectivity index (χ4v) is 1.94. The van der Waals surface area contributed by atoms with Gasteiger partial charge in [-0.1, -0.05) is 19.3 Å². The van der Waals surface area contributed by atoms with Crippen LogP contribution in [0.1, 0.15) is 51.9 Å². The number of hydrogen-bond donors (Lipinski definition) is 1. The minimum atomic E-state index is -0.419. The summed E-state index contributed by atoms with van der Waals surface area (Å²) in [6.07, 6.45) is 8.28. The average molecular weight is 234 g/mol. The van der Waals surface area contributed by atoms with Gasteiger partial charge in [-0.15, -0.1) is 0 Å². The van der Waals surface area contributed by atoms with Crippen LogP contribution in [0.2, 0.25) is 0 Å². The summed E-state index contributed by atoms with van der Waals surface area (Å²) in [6.45, 7) is 1.71. The van der Waals surface area contributed by atoms with E-state index in [9.17, 15) is 4.79 Å². The van der Waals surface area contributed by atoms with Crippen molar-refractivity contribution in [3.63, 3.8) is 0 Å². The summed E-state index contributed by atoms with van der Waals surface area (Å²) in [5.41, 5.74) is 0. The lowest BCUT2D eigenvalue weighted by Crippen LogP contribution is -2.32. The molecule has 4 heteroatoms. The van der Waals surface area contributed by atoms with Gasteiger partial charge in [0.1, 0.15) is 12.1 Å². The van der Waals surface area contributed by atoms with Crippen LogP contribution in [0.3, 0.4) is 0 Å². The Morgan fingerprint density at radius 2 is 1.80 bits per heavy atom. The fraction of sp³-hybridized carbons (Fsp3) is 0.909. The number of halogens is 1. The van der Waals surface area contributed by atoms with Crippen molar-refractivity contribution in [2.45, 2.75) is 64.0 Å². The van der Waals surface area contributed by atoms with Gasteiger partial charge in [0.15, 0.2) is 0 Å². The van der Waals surface area contributed by atoms with Crippen molar-refractivity contribution < 1.29 is 9.53 Å². The normalized spacial score (nSPS) is 21.5. The van der Waals surface area contributed by atoms with E-state index in [0.717, 1.165) is 12.8 Å². The fourth-order valence-electron chi connectivity index (χ4n) is 1.85. The molecule has 1 aliphatic rings. The number of rotatable bonds is 3. The average Bonchev–Trinajstić information content (AvgIpc) is 2.20. The van der Waals surface area contributed by atoms with E-state index in [2.05, 4.69) is 4.84 Å². The summed E-state index contributed by atoms with van der Waals surface area (Å²) in [5, 5.41) is 0. The van der Waals surface area contributed by atoms with Gasteiger partial charge in [-0.3, -0.25) is 4.79 Å². The monoisotopic (exact) mass is 233 g/mol. The van der Waals surface area contributed by atoms with Crippen LogP contribution in [-0.2, 0) is 9.53 Å². The largest absolute Gasteiger partial charge is 0.461 e. The topological polar surface area (TPSA) is 38.3 Å². The van der Waals surface area contributed by atoms with E-state index >= 15 is 0 Å². The van der Waals surface area contributed by atoms with Crippen molar-refractivity contribution in [2.75, 3.05) is 0 Å². The molecule has 1 atom stereocenters. The van der Waals surface area contributed by atoms with Crippen LogP contribution in [-0.4, -0.2) is 18.1 Å². The molecule has 15 heavy (non-hydrogen) atoms. The molecule has 1 N–H and O–H groups in total. The van der Waals surface area contributed by atoms with Crippen LogP contribution in [0.15, 0.2) is 0 Å². The van der Waals surface area contributed by atoms with Crippen molar-refractivity contribution in [2.24, 2.45) is 0 Å². The quantitative estimate of drug-likeness (QED) is 0.602. The number of carbonyl (C=O) groups excluding carboxylic acids is 1. The first-order valence-electron chi connectivity index (χ1n) is 5.80. The zero-order chi connectivity index (χ0) is 11.1. The maximum atomic E-state index is 11.5. The van der Waals surface area contributed by atoms with E-state index in [1.807, 2.05) is 0 Å². The first kappa shape index (κ1) is 12.8. The summed E-state index contributed by atoms with van der Waals surface area (Å²) < 4.78 is 5.39. The molecule has 0 aromatic rings. The van der Waals surface area contributed by atoms with Gasteiger partial charge < -0.3 is 4.74 Å². The van der Waals surface area contributed by atoms with Crippen LogP contribution in [0.5, 0.6) is 0 Å². The van der Waals surface area contributed by atoms with Crippen LogP contribution in [0.4, 0.5) is 0 Å². The lowest BCUT2D eigenvalue weighted by atomic mass is 9.98. The molecular weight excluding hydrogens is 214 g/mol. The standard InChI is InChI=1S/C11H20ClNO2/c1-9(13-12)11(14)15-10-7-5-3-2-4-6-8-10/h9-10,13H,2-8H2,1H3/t9-/m0/s1. The number of carbonyl (C=O) groups is 1. The Morgan fingerprint density at radius 1 is 1.27 bits per heavy atom. The van der Waals surface area contributed by atoms with Gasteiger partial charge in [0, 0.05) is 0 Å². The molecule has 0 bridgehead atoms. The summed E-state index contributed by atoms with van der Waals surface area (Å²) in [5.74, 6) is -0.240. The lowest BCUT2D eigenvalue weighted by molar-refractivity contribution is -0.151. The van der Waals surface area contributed by atoms with E-state index in [1.165, 1.54) is 32.1 Å². The predicted molar refractivity (Wildman–Crippen MR) is 60.6 cm³/mol. The number of ether oxygens (including phenoxy) is 1. The predicted octanol–water partition coefficient (Wildman–Crippen LogP) is 2.77. The molecular formula is C11H20ClNO2. The summed E-state index contributed by atoms with van der Waals surface area (Å²) in [6, 6.07) is -0.419. The first-order chi connectivity index (χ1) is 7.24. The molecule has 0 radical (unpaired) electrons. The second kappa shape index (κ2) is 7.07. The highest BCUT2D eigenvalue weighted by atomic mass is 35.5. The Balaban J connectivity index is 2.31. The van der Waals surface area contributed by atoms with Crippen molar-refractivity contribution >= 4 is 17.7 Å². The molecule has 0 amide bonds.